The molecule has 3 N–H and O–H groups in total. The average Bonchev–Trinajstić information content (AvgIpc) is 2.30. The van der Waals surface area contributed by atoms with E-state index in [-0.39, 0.29) is 11.9 Å². The predicted octanol–water partition coefficient (Wildman–Crippen LogP) is 1.29. The van der Waals surface area contributed by atoms with Crippen molar-refractivity contribution in [1.29, 1.82) is 0 Å². The summed E-state index contributed by atoms with van der Waals surface area (Å²) in [5.74, 6) is 0.614. The maximum absolute atomic E-state index is 11.3. The molecule has 0 saturated carbocycles. The van der Waals surface area contributed by atoms with Crippen LogP contribution in [-0.4, -0.2) is 15.0 Å². The van der Waals surface area contributed by atoms with E-state index in [9.17, 15) is 4.79 Å². The molecule has 0 amide bonds. The van der Waals surface area contributed by atoms with Crippen LogP contribution in [0, 0.1) is 0 Å². The van der Waals surface area contributed by atoms with Crippen molar-refractivity contribution in [3.63, 3.8) is 0 Å². The Hall–Kier alpha value is -2.17. The van der Waals surface area contributed by atoms with Gasteiger partial charge in [-0.15, -0.1) is 0 Å². The van der Waals surface area contributed by atoms with Crippen molar-refractivity contribution < 1.29 is 0 Å². The molecule has 5 heteroatoms. The van der Waals surface area contributed by atoms with Gasteiger partial charge in [-0.1, -0.05) is 37.3 Å². The van der Waals surface area contributed by atoms with E-state index < -0.39 is 5.69 Å². The van der Waals surface area contributed by atoms with E-state index in [1.54, 1.807) is 0 Å². The van der Waals surface area contributed by atoms with Crippen molar-refractivity contribution in [1.82, 2.24) is 15.0 Å². The Kier molecular flexibility index (Phi) is 3.18. The lowest BCUT2D eigenvalue weighted by molar-refractivity contribution is 0.703. The second-order valence-electron chi connectivity index (χ2n) is 3.77. The molecule has 1 aromatic carbocycles. The summed E-state index contributed by atoms with van der Waals surface area (Å²) in [6, 6.07) is 9.88. The number of hydrogen-bond donors (Lipinski definition) is 2. The van der Waals surface area contributed by atoms with Crippen molar-refractivity contribution >= 4 is 5.95 Å². The molecule has 1 unspecified atom stereocenters. The van der Waals surface area contributed by atoms with Gasteiger partial charge >= 0.3 is 5.69 Å². The number of aromatic amines is 1. The van der Waals surface area contributed by atoms with Crippen molar-refractivity contribution in [3.05, 3.63) is 52.2 Å². The molecule has 5 nitrogen and oxygen atoms in total. The Morgan fingerprint density at radius 3 is 2.59 bits per heavy atom. The van der Waals surface area contributed by atoms with Gasteiger partial charge in [-0.25, -0.2) is 4.79 Å². The zero-order chi connectivity index (χ0) is 12.3. The molecular formula is C12H14N4O. The molecule has 0 radical (unpaired) electrons. The molecule has 0 spiro atoms. The molecule has 0 aliphatic rings. The van der Waals surface area contributed by atoms with E-state index in [1.807, 2.05) is 37.3 Å². The number of H-pyrrole nitrogens is 1. The third kappa shape index (κ3) is 2.50. The minimum atomic E-state index is -0.457. The van der Waals surface area contributed by atoms with Gasteiger partial charge in [0.1, 0.15) is 5.82 Å². The highest BCUT2D eigenvalue weighted by molar-refractivity contribution is 5.26. The molecule has 0 bridgehead atoms. The van der Waals surface area contributed by atoms with Gasteiger partial charge in [0.05, 0.1) is 0 Å². The molecule has 1 atom stereocenters. The first-order valence-electron chi connectivity index (χ1n) is 5.49. The van der Waals surface area contributed by atoms with Gasteiger partial charge < -0.3 is 5.73 Å². The average molecular weight is 230 g/mol. The molecule has 17 heavy (non-hydrogen) atoms. The standard InChI is InChI=1S/C12H14N4O/c1-2-9(8-6-4-3-5-7-8)10-14-11(13)16-12(17)15-10/h3-7,9H,2H2,1H3,(H3,13,14,15,16,17). The fraction of sp³-hybridized carbons (Fsp3) is 0.250. The van der Waals surface area contributed by atoms with Crippen molar-refractivity contribution in [3.8, 4) is 0 Å². The smallest absolute Gasteiger partial charge is 0.349 e. The third-order valence-electron chi connectivity index (χ3n) is 2.63. The van der Waals surface area contributed by atoms with E-state index in [1.165, 1.54) is 0 Å². The van der Waals surface area contributed by atoms with Crippen LogP contribution in [0.2, 0.25) is 0 Å². The first-order chi connectivity index (χ1) is 8.20. The lowest BCUT2D eigenvalue weighted by Gasteiger charge is -2.14. The number of nitrogen functional groups attached to an aromatic ring is 1. The number of hydrogen-bond acceptors (Lipinski definition) is 4. The largest absolute Gasteiger partial charge is 0.368 e. The van der Waals surface area contributed by atoms with E-state index in [0.717, 1.165) is 12.0 Å². The molecule has 0 aliphatic carbocycles. The fourth-order valence-corrected chi connectivity index (χ4v) is 1.86. The van der Waals surface area contributed by atoms with Gasteiger partial charge in [0.25, 0.3) is 0 Å². The maximum atomic E-state index is 11.3. The zero-order valence-electron chi connectivity index (χ0n) is 9.55. The summed E-state index contributed by atoms with van der Waals surface area (Å²) in [5.41, 5.74) is 6.13. The van der Waals surface area contributed by atoms with Crippen LogP contribution in [0.3, 0.4) is 0 Å². The summed E-state index contributed by atoms with van der Waals surface area (Å²) in [5, 5.41) is 0. The summed E-state index contributed by atoms with van der Waals surface area (Å²) >= 11 is 0. The Balaban J connectivity index is 2.46. The van der Waals surface area contributed by atoms with Crippen LogP contribution in [0.25, 0.3) is 0 Å². The van der Waals surface area contributed by atoms with Crippen LogP contribution in [0.5, 0.6) is 0 Å². The lowest BCUT2D eigenvalue weighted by atomic mass is 9.96. The Morgan fingerprint density at radius 2 is 2.00 bits per heavy atom. The minimum Gasteiger partial charge on any atom is -0.368 e. The second kappa shape index (κ2) is 4.78. The van der Waals surface area contributed by atoms with E-state index in [0.29, 0.717) is 5.82 Å². The Morgan fingerprint density at radius 1 is 1.29 bits per heavy atom. The number of nitrogens with zero attached hydrogens (tertiary/aromatic N) is 2. The van der Waals surface area contributed by atoms with Crippen molar-refractivity contribution in [2.24, 2.45) is 0 Å². The van der Waals surface area contributed by atoms with Crippen LogP contribution in [-0.2, 0) is 0 Å². The van der Waals surface area contributed by atoms with Gasteiger partial charge in [-0.3, -0.25) is 4.98 Å². The SMILES string of the molecule is CCC(c1ccccc1)c1nc(N)nc(=O)[nH]1. The van der Waals surface area contributed by atoms with Gasteiger partial charge in [0.15, 0.2) is 0 Å². The molecule has 0 aliphatic heterocycles. The monoisotopic (exact) mass is 230 g/mol. The molecule has 88 valence electrons. The first kappa shape index (κ1) is 11.3. The topological polar surface area (TPSA) is 84.7 Å². The highest BCUT2D eigenvalue weighted by Gasteiger charge is 2.15. The summed E-state index contributed by atoms with van der Waals surface area (Å²) < 4.78 is 0. The van der Waals surface area contributed by atoms with E-state index in [4.69, 9.17) is 5.73 Å². The highest BCUT2D eigenvalue weighted by Crippen LogP contribution is 2.24. The quantitative estimate of drug-likeness (QED) is 0.832. The molecular weight excluding hydrogens is 216 g/mol. The zero-order valence-corrected chi connectivity index (χ0v) is 9.55. The van der Waals surface area contributed by atoms with Crippen LogP contribution in [0.1, 0.15) is 30.7 Å². The summed E-state index contributed by atoms with van der Waals surface area (Å²) in [4.78, 5) is 21.5. The van der Waals surface area contributed by atoms with E-state index >= 15 is 0 Å². The first-order valence-corrected chi connectivity index (χ1v) is 5.49. The number of nitrogens with two attached hydrogens (primary N) is 1. The molecule has 0 saturated heterocycles. The fourth-order valence-electron chi connectivity index (χ4n) is 1.86. The number of anilines is 1. The van der Waals surface area contributed by atoms with Crippen molar-refractivity contribution in [2.75, 3.05) is 5.73 Å². The van der Waals surface area contributed by atoms with Crippen molar-refractivity contribution in [2.45, 2.75) is 19.3 Å². The third-order valence-corrected chi connectivity index (χ3v) is 2.63. The van der Waals surface area contributed by atoms with Gasteiger partial charge in [0, 0.05) is 5.92 Å². The lowest BCUT2D eigenvalue weighted by Crippen LogP contribution is -2.19. The van der Waals surface area contributed by atoms with Gasteiger partial charge in [-0.05, 0) is 12.0 Å². The van der Waals surface area contributed by atoms with Gasteiger partial charge in [-0.2, -0.15) is 9.97 Å². The number of rotatable bonds is 3. The Labute approximate surface area is 98.7 Å². The van der Waals surface area contributed by atoms with Crippen LogP contribution < -0.4 is 11.4 Å². The molecule has 1 aromatic heterocycles. The summed E-state index contributed by atoms with van der Waals surface area (Å²) in [6.07, 6.45) is 0.830. The maximum Gasteiger partial charge on any atom is 0.349 e. The molecule has 2 aromatic rings. The molecule has 0 fully saturated rings. The van der Waals surface area contributed by atoms with Crippen LogP contribution in [0.15, 0.2) is 35.1 Å². The number of nitrogens with one attached hydrogen (secondary N) is 1. The number of benzene rings is 1. The summed E-state index contributed by atoms with van der Waals surface area (Å²) in [7, 11) is 0. The Bertz CT molecular complexity index is 550. The van der Waals surface area contributed by atoms with Crippen LogP contribution >= 0.6 is 0 Å². The molecule has 2 rings (SSSR count). The minimum absolute atomic E-state index is 0.0122. The highest BCUT2D eigenvalue weighted by atomic mass is 16.1. The predicted molar refractivity (Wildman–Crippen MR) is 65.6 cm³/mol. The van der Waals surface area contributed by atoms with Gasteiger partial charge in [0.2, 0.25) is 5.95 Å². The normalized spacial score (nSPS) is 12.3. The van der Waals surface area contributed by atoms with E-state index in [2.05, 4.69) is 15.0 Å². The number of aromatic nitrogens is 3. The second-order valence-corrected chi connectivity index (χ2v) is 3.77. The van der Waals surface area contributed by atoms with Crippen LogP contribution in [0.4, 0.5) is 5.95 Å². The molecule has 1 heterocycles. The summed E-state index contributed by atoms with van der Waals surface area (Å²) in [6.45, 7) is 2.04.